The van der Waals surface area contributed by atoms with E-state index in [2.05, 4.69) is 21.2 Å². The molecule has 0 aliphatic heterocycles. The Morgan fingerprint density at radius 2 is 2.29 bits per heavy atom. The molecular weight excluding hydrogens is 244 g/mol. The standard InChI is InChI=1S/C10H15BrN2O/c1-7(6-14-2)13-9-5-3-4-8(11)10(9)12/h3-5,7,13H,6,12H2,1-2H3/t7-/m0/s1. The van der Waals surface area contributed by atoms with Crippen molar-refractivity contribution in [3.63, 3.8) is 0 Å². The normalized spacial score (nSPS) is 12.5. The van der Waals surface area contributed by atoms with Gasteiger partial charge in [0.05, 0.1) is 18.0 Å². The lowest BCUT2D eigenvalue weighted by Gasteiger charge is -2.16. The number of nitrogens with two attached hydrogens (primary N) is 1. The Morgan fingerprint density at radius 3 is 2.93 bits per heavy atom. The first kappa shape index (κ1) is 11.3. The Kier molecular flexibility index (Phi) is 4.22. The minimum atomic E-state index is 0.247. The van der Waals surface area contributed by atoms with Crippen LogP contribution in [0.1, 0.15) is 6.92 Å². The lowest BCUT2D eigenvalue weighted by molar-refractivity contribution is 0.190. The van der Waals surface area contributed by atoms with Gasteiger partial charge in [0.15, 0.2) is 0 Å². The van der Waals surface area contributed by atoms with Crippen molar-refractivity contribution in [3.05, 3.63) is 22.7 Å². The summed E-state index contributed by atoms with van der Waals surface area (Å²) in [7, 11) is 1.68. The van der Waals surface area contributed by atoms with E-state index in [0.29, 0.717) is 6.61 Å². The molecule has 0 aromatic heterocycles. The van der Waals surface area contributed by atoms with Crippen LogP contribution in [-0.2, 0) is 4.74 Å². The van der Waals surface area contributed by atoms with Crippen LogP contribution in [0.2, 0.25) is 0 Å². The van der Waals surface area contributed by atoms with Crippen LogP contribution in [0.25, 0.3) is 0 Å². The van der Waals surface area contributed by atoms with Crippen LogP contribution >= 0.6 is 15.9 Å². The third kappa shape index (κ3) is 2.89. The number of anilines is 2. The van der Waals surface area contributed by atoms with E-state index in [0.717, 1.165) is 15.8 Å². The van der Waals surface area contributed by atoms with Crippen molar-refractivity contribution < 1.29 is 4.74 Å². The van der Waals surface area contributed by atoms with Crippen LogP contribution in [0.3, 0.4) is 0 Å². The summed E-state index contributed by atoms with van der Waals surface area (Å²) >= 11 is 3.38. The van der Waals surface area contributed by atoms with Crippen molar-refractivity contribution in [3.8, 4) is 0 Å². The summed E-state index contributed by atoms with van der Waals surface area (Å²) in [6.07, 6.45) is 0. The molecule has 0 saturated carbocycles. The number of nitrogens with one attached hydrogen (secondary N) is 1. The summed E-state index contributed by atoms with van der Waals surface area (Å²) in [5.74, 6) is 0. The average Bonchev–Trinajstić information content (AvgIpc) is 2.13. The Hall–Kier alpha value is -0.740. The molecule has 0 fully saturated rings. The molecule has 1 rings (SSSR count). The molecule has 0 spiro atoms. The van der Waals surface area contributed by atoms with Crippen molar-refractivity contribution >= 4 is 27.3 Å². The highest BCUT2D eigenvalue weighted by molar-refractivity contribution is 9.10. The largest absolute Gasteiger partial charge is 0.396 e. The smallest absolute Gasteiger partial charge is 0.0694 e. The van der Waals surface area contributed by atoms with Gasteiger partial charge >= 0.3 is 0 Å². The van der Waals surface area contributed by atoms with Crippen LogP contribution < -0.4 is 11.1 Å². The maximum absolute atomic E-state index is 5.88. The van der Waals surface area contributed by atoms with E-state index >= 15 is 0 Å². The molecule has 4 heteroatoms. The van der Waals surface area contributed by atoms with Crippen LogP contribution in [0, 0.1) is 0 Å². The summed E-state index contributed by atoms with van der Waals surface area (Å²) in [6, 6.07) is 6.06. The third-order valence-corrected chi connectivity index (χ3v) is 2.56. The second kappa shape index (κ2) is 5.22. The maximum atomic E-state index is 5.88. The van der Waals surface area contributed by atoms with E-state index in [1.807, 2.05) is 25.1 Å². The molecule has 3 N–H and O–H groups in total. The molecule has 0 bridgehead atoms. The number of hydrogen-bond acceptors (Lipinski definition) is 3. The first-order valence-electron chi connectivity index (χ1n) is 4.44. The van der Waals surface area contributed by atoms with Gasteiger partial charge < -0.3 is 15.8 Å². The lowest BCUT2D eigenvalue weighted by Crippen LogP contribution is -2.21. The molecular formula is C10H15BrN2O. The van der Waals surface area contributed by atoms with Gasteiger partial charge in [-0.05, 0) is 35.0 Å². The number of benzene rings is 1. The van der Waals surface area contributed by atoms with E-state index in [1.54, 1.807) is 7.11 Å². The van der Waals surface area contributed by atoms with Gasteiger partial charge in [0, 0.05) is 17.6 Å². The monoisotopic (exact) mass is 258 g/mol. The number of hydrogen-bond donors (Lipinski definition) is 2. The Labute approximate surface area is 92.8 Å². The number of halogens is 1. The van der Waals surface area contributed by atoms with Crippen molar-refractivity contribution in [1.29, 1.82) is 0 Å². The molecule has 0 heterocycles. The van der Waals surface area contributed by atoms with E-state index in [-0.39, 0.29) is 6.04 Å². The molecule has 78 valence electrons. The average molecular weight is 259 g/mol. The summed E-state index contributed by atoms with van der Waals surface area (Å²) in [5, 5.41) is 3.27. The molecule has 0 radical (unpaired) electrons. The fourth-order valence-electron chi connectivity index (χ4n) is 1.22. The quantitative estimate of drug-likeness (QED) is 0.816. The second-order valence-corrected chi connectivity index (χ2v) is 4.06. The van der Waals surface area contributed by atoms with Gasteiger partial charge in [-0.15, -0.1) is 0 Å². The summed E-state index contributed by atoms with van der Waals surface area (Å²) in [6.45, 7) is 2.70. The van der Waals surface area contributed by atoms with Gasteiger partial charge in [-0.25, -0.2) is 0 Å². The molecule has 0 aliphatic carbocycles. The minimum Gasteiger partial charge on any atom is -0.396 e. The number of methoxy groups -OCH3 is 1. The highest BCUT2D eigenvalue weighted by Crippen LogP contribution is 2.27. The Bertz CT molecular complexity index is 304. The van der Waals surface area contributed by atoms with E-state index < -0.39 is 0 Å². The van der Waals surface area contributed by atoms with E-state index in [1.165, 1.54) is 0 Å². The molecule has 0 saturated heterocycles. The van der Waals surface area contributed by atoms with E-state index in [9.17, 15) is 0 Å². The van der Waals surface area contributed by atoms with Gasteiger partial charge in [-0.3, -0.25) is 0 Å². The van der Waals surface area contributed by atoms with E-state index in [4.69, 9.17) is 10.5 Å². The Morgan fingerprint density at radius 1 is 1.57 bits per heavy atom. The molecule has 0 unspecified atom stereocenters. The minimum absolute atomic E-state index is 0.247. The van der Waals surface area contributed by atoms with Crippen LogP contribution in [-0.4, -0.2) is 19.8 Å². The van der Waals surface area contributed by atoms with Crippen molar-refractivity contribution in [2.45, 2.75) is 13.0 Å². The van der Waals surface area contributed by atoms with Crippen molar-refractivity contribution in [2.24, 2.45) is 0 Å². The second-order valence-electron chi connectivity index (χ2n) is 3.20. The SMILES string of the molecule is COC[C@H](C)Nc1cccc(Br)c1N. The molecule has 0 amide bonds. The summed E-state index contributed by atoms with van der Waals surface area (Å²) < 4.78 is 5.94. The molecule has 14 heavy (non-hydrogen) atoms. The molecule has 1 aromatic rings. The predicted molar refractivity (Wildman–Crippen MR) is 63.5 cm³/mol. The van der Waals surface area contributed by atoms with Gasteiger partial charge in [0.2, 0.25) is 0 Å². The molecule has 0 aliphatic rings. The molecule has 3 nitrogen and oxygen atoms in total. The zero-order valence-corrected chi connectivity index (χ0v) is 9.97. The zero-order valence-electron chi connectivity index (χ0n) is 8.38. The van der Waals surface area contributed by atoms with Gasteiger partial charge in [0.25, 0.3) is 0 Å². The zero-order chi connectivity index (χ0) is 10.6. The molecule has 1 atom stereocenters. The first-order valence-corrected chi connectivity index (χ1v) is 5.24. The fourth-order valence-corrected chi connectivity index (χ4v) is 1.59. The van der Waals surface area contributed by atoms with Crippen LogP contribution in [0.15, 0.2) is 22.7 Å². The highest BCUT2D eigenvalue weighted by atomic mass is 79.9. The lowest BCUT2D eigenvalue weighted by atomic mass is 10.2. The van der Waals surface area contributed by atoms with Crippen molar-refractivity contribution in [1.82, 2.24) is 0 Å². The number of nitrogen functional groups attached to an aromatic ring is 1. The van der Waals surface area contributed by atoms with Crippen LogP contribution in [0.4, 0.5) is 11.4 Å². The number of ether oxygens (including phenoxy) is 1. The fraction of sp³-hybridized carbons (Fsp3) is 0.400. The topological polar surface area (TPSA) is 47.3 Å². The van der Waals surface area contributed by atoms with Crippen molar-refractivity contribution in [2.75, 3.05) is 24.8 Å². The summed E-state index contributed by atoms with van der Waals surface area (Å²) in [4.78, 5) is 0. The maximum Gasteiger partial charge on any atom is 0.0694 e. The third-order valence-electron chi connectivity index (χ3n) is 1.87. The van der Waals surface area contributed by atoms with Gasteiger partial charge in [-0.1, -0.05) is 6.07 Å². The van der Waals surface area contributed by atoms with Crippen LogP contribution in [0.5, 0.6) is 0 Å². The van der Waals surface area contributed by atoms with Gasteiger partial charge in [0.1, 0.15) is 0 Å². The predicted octanol–water partition coefficient (Wildman–Crippen LogP) is 2.48. The number of para-hydroxylation sites is 1. The summed E-state index contributed by atoms with van der Waals surface area (Å²) in [5.41, 5.74) is 7.54. The first-order chi connectivity index (χ1) is 6.65. The highest BCUT2D eigenvalue weighted by Gasteiger charge is 2.05. The Balaban J connectivity index is 2.71. The van der Waals surface area contributed by atoms with Gasteiger partial charge in [-0.2, -0.15) is 0 Å². The number of rotatable bonds is 4. The molecule has 1 aromatic carbocycles.